The fourth-order valence-corrected chi connectivity index (χ4v) is 4.53. The third-order valence-corrected chi connectivity index (χ3v) is 6.05. The lowest BCUT2D eigenvalue weighted by Gasteiger charge is -2.31. The van der Waals surface area contributed by atoms with Crippen molar-refractivity contribution in [2.75, 3.05) is 31.7 Å². The van der Waals surface area contributed by atoms with Crippen molar-refractivity contribution in [1.29, 1.82) is 0 Å². The Morgan fingerprint density at radius 2 is 1.59 bits per heavy atom. The zero-order chi connectivity index (χ0) is 26.5. The maximum absolute atomic E-state index is 14.1. The Balaban J connectivity index is 1.88. The van der Waals surface area contributed by atoms with Gasteiger partial charge in [0.05, 0.1) is 25.9 Å². The number of carbonyl (C=O) groups excluding carboxylic acids is 2. The minimum atomic E-state index is -0.724. The van der Waals surface area contributed by atoms with Gasteiger partial charge >= 0.3 is 0 Å². The average Bonchev–Trinajstić information content (AvgIpc) is 3.01. The van der Waals surface area contributed by atoms with E-state index in [1.54, 1.807) is 42.5 Å². The minimum absolute atomic E-state index is 0.242. The zero-order valence-corrected chi connectivity index (χ0v) is 21.6. The molecule has 1 heterocycles. The summed E-state index contributed by atoms with van der Waals surface area (Å²) in [5.41, 5.74) is 2.01. The van der Waals surface area contributed by atoms with Crippen molar-refractivity contribution in [3.63, 3.8) is 0 Å². The Hall–Kier alpha value is -3.78. The number of hydrogen-bond acceptors (Lipinski definition) is 5. The fourth-order valence-electron chi connectivity index (χ4n) is 4.35. The predicted octanol–water partition coefficient (Wildman–Crippen LogP) is 5.86. The lowest BCUT2D eigenvalue weighted by atomic mass is 9.95. The molecular weight excluding hydrogens is 499 g/mol. The summed E-state index contributed by atoms with van der Waals surface area (Å²) >= 11 is 6.32. The summed E-state index contributed by atoms with van der Waals surface area (Å²) in [5.74, 6) is -0.0993. The van der Waals surface area contributed by atoms with Crippen LogP contribution in [0.3, 0.4) is 0 Å². The molecule has 7 nitrogen and oxygen atoms in total. The highest BCUT2D eigenvalue weighted by Gasteiger charge is 2.35. The van der Waals surface area contributed by atoms with Crippen LogP contribution in [0.15, 0.2) is 54.6 Å². The quantitative estimate of drug-likeness (QED) is 0.398. The molecule has 3 aromatic rings. The molecule has 2 amide bonds. The molecule has 9 heteroatoms. The van der Waals surface area contributed by atoms with E-state index in [1.807, 2.05) is 20.8 Å². The highest BCUT2D eigenvalue weighted by Crippen LogP contribution is 2.42. The van der Waals surface area contributed by atoms with Crippen LogP contribution < -0.4 is 19.5 Å². The topological polar surface area (TPSA) is 77.1 Å². The summed E-state index contributed by atoms with van der Waals surface area (Å²) in [4.78, 5) is 28.5. The van der Waals surface area contributed by atoms with E-state index < -0.39 is 17.8 Å². The van der Waals surface area contributed by atoms with E-state index in [9.17, 15) is 14.0 Å². The molecule has 0 radical (unpaired) electrons. The van der Waals surface area contributed by atoms with Crippen molar-refractivity contribution in [3.05, 3.63) is 82.1 Å². The maximum Gasteiger partial charge on any atom is 0.255 e. The summed E-state index contributed by atoms with van der Waals surface area (Å²) in [6.07, 6.45) is 0. The summed E-state index contributed by atoms with van der Waals surface area (Å²) in [6, 6.07) is 13.3. The summed E-state index contributed by atoms with van der Waals surface area (Å²) in [5, 5.41) is 3.29. The molecule has 1 N–H and O–H groups in total. The summed E-state index contributed by atoms with van der Waals surface area (Å²) < 4.78 is 31.1. The Labute approximate surface area is 220 Å². The van der Waals surface area contributed by atoms with E-state index >= 15 is 0 Å². The van der Waals surface area contributed by atoms with Gasteiger partial charge in [-0.2, -0.15) is 0 Å². The Morgan fingerprint density at radius 1 is 0.973 bits per heavy atom. The third-order valence-electron chi connectivity index (χ3n) is 5.81. The number of amides is 2. The molecule has 0 aliphatic carbocycles. The molecule has 0 saturated heterocycles. The molecule has 0 bridgehead atoms. The number of nitrogens with one attached hydrogen (secondary N) is 1. The smallest absolute Gasteiger partial charge is 0.255 e. The van der Waals surface area contributed by atoms with Crippen LogP contribution in [0.25, 0.3) is 0 Å². The Bertz CT molecular complexity index is 1270. The lowest BCUT2D eigenvalue weighted by molar-refractivity contribution is -0.117. The minimum Gasteiger partial charge on any atom is -0.490 e. The number of halogens is 2. The van der Waals surface area contributed by atoms with Gasteiger partial charge in [0.25, 0.3) is 5.91 Å². The van der Waals surface area contributed by atoms with E-state index in [1.165, 1.54) is 17.0 Å². The molecule has 194 valence electrons. The normalized spacial score (nSPS) is 14.9. The van der Waals surface area contributed by atoms with Crippen molar-refractivity contribution in [1.82, 2.24) is 4.90 Å². The molecule has 1 atom stereocenters. The molecule has 4 rings (SSSR count). The van der Waals surface area contributed by atoms with Crippen LogP contribution in [0, 0.1) is 5.82 Å². The highest BCUT2D eigenvalue weighted by atomic mass is 35.5. The number of fused-ring (bicyclic) bond motifs is 1. The first-order valence-electron chi connectivity index (χ1n) is 12.1. The van der Waals surface area contributed by atoms with Crippen molar-refractivity contribution in [2.24, 2.45) is 0 Å². The second kappa shape index (κ2) is 11.5. The third kappa shape index (κ3) is 5.64. The van der Waals surface area contributed by atoms with Gasteiger partial charge in [0.1, 0.15) is 12.4 Å². The van der Waals surface area contributed by atoms with Gasteiger partial charge in [0.2, 0.25) is 11.7 Å². The Morgan fingerprint density at radius 3 is 2.19 bits per heavy atom. The number of nitrogens with zero attached hydrogens (tertiary/aromatic N) is 1. The Kier molecular flexibility index (Phi) is 8.18. The molecular formula is C28H28ClFN2O5. The second-order valence-electron chi connectivity index (χ2n) is 8.27. The predicted molar refractivity (Wildman–Crippen MR) is 139 cm³/mol. The average molecular weight is 527 g/mol. The molecule has 37 heavy (non-hydrogen) atoms. The van der Waals surface area contributed by atoms with Crippen LogP contribution >= 0.6 is 11.6 Å². The van der Waals surface area contributed by atoms with Gasteiger partial charge in [0, 0.05) is 21.8 Å². The standard InChI is InChI=1S/C28H28ClFN2O5/c1-4-35-23-13-18(14-24(36-5-2)27(23)37-6-3)28(34)32-16-25(33)31-22-12-9-19(29)15-21(22)26(32)17-7-10-20(30)11-8-17/h7-15,26H,4-6,16H2,1-3H3,(H,31,33)/t26-/m0/s1. The van der Waals surface area contributed by atoms with Crippen LogP contribution in [0.5, 0.6) is 17.2 Å². The van der Waals surface area contributed by atoms with Gasteiger partial charge in [0.15, 0.2) is 11.5 Å². The van der Waals surface area contributed by atoms with E-state index in [0.717, 1.165) is 0 Å². The van der Waals surface area contributed by atoms with Gasteiger partial charge in [-0.15, -0.1) is 0 Å². The maximum atomic E-state index is 14.1. The lowest BCUT2D eigenvalue weighted by Crippen LogP contribution is -2.39. The van der Waals surface area contributed by atoms with Gasteiger partial charge < -0.3 is 24.4 Å². The zero-order valence-electron chi connectivity index (χ0n) is 20.8. The number of carbonyl (C=O) groups is 2. The first-order valence-corrected chi connectivity index (χ1v) is 12.5. The molecule has 1 aliphatic rings. The van der Waals surface area contributed by atoms with Crippen molar-refractivity contribution in [3.8, 4) is 17.2 Å². The number of hydrogen-bond donors (Lipinski definition) is 1. The van der Waals surface area contributed by atoms with Gasteiger partial charge in [-0.05, 0) is 68.8 Å². The van der Waals surface area contributed by atoms with E-state index in [0.29, 0.717) is 58.9 Å². The van der Waals surface area contributed by atoms with Crippen LogP contribution in [0.4, 0.5) is 10.1 Å². The van der Waals surface area contributed by atoms with Crippen molar-refractivity contribution in [2.45, 2.75) is 26.8 Å². The van der Waals surface area contributed by atoms with Crippen LogP contribution in [0.2, 0.25) is 5.02 Å². The van der Waals surface area contributed by atoms with Crippen molar-refractivity contribution >= 4 is 29.1 Å². The molecule has 3 aromatic carbocycles. The first-order chi connectivity index (χ1) is 17.9. The monoisotopic (exact) mass is 526 g/mol. The molecule has 0 fully saturated rings. The van der Waals surface area contributed by atoms with Gasteiger partial charge in [-0.3, -0.25) is 9.59 Å². The molecule has 1 aliphatic heterocycles. The van der Waals surface area contributed by atoms with Crippen LogP contribution in [0.1, 0.15) is 48.3 Å². The van der Waals surface area contributed by atoms with Crippen LogP contribution in [-0.4, -0.2) is 43.1 Å². The van der Waals surface area contributed by atoms with Crippen LogP contribution in [-0.2, 0) is 4.79 Å². The molecule has 0 spiro atoms. The molecule has 0 aromatic heterocycles. The fraction of sp³-hybridized carbons (Fsp3) is 0.286. The first kappa shape index (κ1) is 26.3. The van der Waals surface area contributed by atoms with Gasteiger partial charge in [-0.25, -0.2) is 4.39 Å². The number of benzene rings is 3. The largest absolute Gasteiger partial charge is 0.490 e. The summed E-state index contributed by atoms with van der Waals surface area (Å²) in [7, 11) is 0. The van der Waals surface area contributed by atoms with Crippen molar-refractivity contribution < 1.29 is 28.2 Å². The van der Waals surface area contributed by atoms with Gasteiger partial charge in [-0.1, -0.05) is 23.7 Å². The molecule has 0 saturated carbocycles. The van der Waals surface area contributed by atoms with E-state index in [2.05, 4.69) is 5.32 Å². The summed E-state index contributed by atoms with van der Waals surface area (Å²) in [6.45, 7) is 6.33. The number of ether oxygens (including phenoxy) is 3. The highest BCUT2D eigenvalue weighted by molar-refractivity contribution is 6.30. The van der Waals surface area contributed by atoms with E-state index in [-0.39, 0.29) is 18.0 Å². The SMILES string of the molecule is CCOc1cc(C(=O)N2CC(=O)Nc3ccc(Cl)cc3[C@@H]2c2ccc(F)cc2)cc(OCC)c1OCC. The van der Waals surface area contributed by atoms with E-state index in [4.69, 9.17) is 25.8 Å². The number of anilines is 1. The number of rotatable bonds is 8. The molecule has 0 unspecified atom stereocenters. The second-order valence-corrected chi connectivity index (χ2v) is 8.70.